The minimum atomic E-state index is 0.261. The number of aromatic nitrogens is 4. The van der Waals surface area contributed by atoms with E-state index in [-0.39, 0.29) is 5.95 Å². The fourth-order valence-electron chi connectivity index (χ4n) is 1.45. The molecule has 0 aromatic carbocycles. The van der Waals surface area contributed by atoms with Crippen LogP contribution in [0.2, 0.25) is 0 Å². The normalized spacial score (nSPS) is 11.1. The van der Waals surface area contributed by atoms with Gasteiger partial charge in [-0.25, -0.2) is 9.67 Å². The first-order valence-corrected chi connectivity index (χ1v) is 6.12. The van der Waals surface area contributed by atoms with Crippen molar-refractivity contribution in [1.29, 1.82) is 0 Å². The van der Waals surface area contributed by atoms with Gasteiger partial charge in [0.05, 0.1) is 16.1 Å². The average Bonchev–Trinajstić information content (AvgIpc) is 2.84. The van der Waals surface area contributed by atoms with Crippen LogP contribution in [0.5, 0.6) is 0 Å². The molecule has 0 aliphatic rings. The van der Waals surface area contributed by atoms with Crippen molar-refractivity contribution in [1.82, 2.24) is 19.7 Å². The lowest BCUT2D eigenvalue weighted by Gasteiger charge is -2.02. The number of rotatable bonds is 1. The molecule has 0 radical (unpaired) electrons. The molecule has 0 aliphatic heterocycles. The lowest BCUT2D eigenvalue weighted by Crippen LogP contribution is -2.03. The molecule has 5 nitrogen and oxygen atoms in total. The van der Waals surface area contributed by atoms with Gasteiger partial charge in [0.1, 0.15) is 4.83 Å². The van der Waals surface area contributed by atoms with Crippen LogP contribution in [0.25, 0.3) is 16.0 Å². The quantitative estimate of drug-likeness (QED) is 0.747. The molecule has 0 aliphatic carbocycles. The molecular formula is C9H6BrN5S. The lowest BCUT2D eigenvalue weighted by atomic mass is 10.4. The average molecular weight is 296 g/mol. The molecular weight excluding hydrogens is 290 g/mol. The predicted molar refractivity (Wildman–Crippen MR) is 66.6 cm³/mol. The lowest BCUT2D eigenvalue weighted by molar-refractivity contribution is 0.854. The van der Waals surface area contributed by atoms with Crippen LogP contribution in [0.3, 0.4) is 0 Å². The summed E-state index contributed by atoms with van der Waals surface area (Å²) >= 11 is 4.88. The zero-order valence-corrected chi connectivity index (χ0v) is 10.4. The van der Waals surface area contributed by atoms with Gasteiger partial charge in [-0.2, -0.15) is 10.1 Å². The molecule has 3 aromatic rings. The summed E-state index contributed by atoms with van der Waals surface area (Å²) in [7, 11) is 0. The summed E-state index contributed by atoms with van der Waals surface area (Å²) in [5.41, 5.74) is 5.66. The second kappa shape index (κ2) is 3.53. The first-order chi connectivity index (χ1) is 7.74. The first-order valence-electron chi connectivity index (χ1n) is 4.45. The van der Waals surface area contributed by atoms with Crippen LogP contribution in [-0.2, 0) is 0 Å². The Morgan fingerprint density at radius 1 is 1.38 bits per heavy atom. The number of anilines is 1. The van der Waals surface area contributed by atoms with Gasteiger partial charge in [-0.3, -0.25) is 0 Å². The molecule has 16 heavy (non-hydrogen) atoms. The molecule has 0 fully saturated rings. The summed E-state index contributed by atoms with van der Waals surface area (Å²) in [5, 5.41) is 7.10. The van der Waals surface area contributed by atoms with E-state index in [0.717, 1.165) is 14.7 Å². The SMILES string of the molecule is Nc1nc(-n2cc(Br)cn2)c2ccsc2n1. The molecule has 0 spiro atoms. The fraction of sp³-hybridized carbons (Fsp3) is 0. The predicted octanol–water partition coefficient (Wildman–Crippen LogP) is 2.22. The third kappa shape index (κ3) is 1.48. The van der Waals surface area contributed by atoms with Gasteiger partial charge in [0.2, 0.25) is 5.95 Å². The number of halogens is 1. The fourth-order valence-corrected chi connectivity index (χ4v) is 2.50. The zero-order chi connectivity index (χ0) is 11.1. The molecule has 3 aromatic heterocycles. The molecule has 0 atom stereocenters. The molecule has 3 heterocycles. The van der Waals surface area contributed by atoms with E-state index in [1.165, 1.54) is 11.3 Å². The van der Waals surface area contributed by atoms with E-state index >= 15 is 0 Å². The molecule has 0 bridgehead atoms. The van der Waals surface area contributed by atoms with E-state index in [9.17, 15) is 0 Å². The summed E-state index contributed by atoms with van der Waals surface area (Å²) < 4.78 is 2.57. The zero-order valence-electron chi connectivity index (χ0n) is 7.96. The highest BCUT2D eigenvalue weighted by Crippen LogP contribution is 2.25. The first kappa shape index (κ1) is 9.73. The number of hydrogen-bond donors (Lipinski definition) is 1. The number of nitrogens with two attached hydrogens (primary N) is 1. The molecule has 0 amide bonds. The topological polar surface area (TPSA) is 69.6 Å². The number of hydrogen-bond acceptors (Lipinski definition) is 5. The largest absolute Gasteiger partial charge is 0.368 e. The van der Waals surface area contributed by atoms with E-state index in [1.54, 1.807) is 10.9 Å². The second-order valence-corrected chi connectivity index (χ2v) is 4.96. The number of fused-ring (bicyclic) bond motifs is 1. The van der Waals surface area contributed by atoms with Crippen molar-refractivity contribution >= 4 is 43.4 Å². The Morgan fingerprint density at radius 3 is 3.00 bits per heavy atom. The molecule has 2 N–H and O–H groups in total. The Kier molecular flexibility index (Phi) is 2.15. The molecule has 0 saturated carbocycles. The van der Waals surface area contributed by atoms with Crippen molar-refractivity contribution in [2.75, 3.05) is 5.73 Å². The third-order valence-corrected chi connectivity index (χ3v) is 3.31. The van der Waals surface area contributed by atoms with Crippen molar-refractivity contribution in [2.24, 2.45) is 0 Å². The summed E-state index contributed by atoms with van der Waals surface area (Å²) in [5.74, 6) is 0.964. The van der Waals surface area contributed by atoms with Crippen molar-refractivity contribution in [2.45, 2.75) is 0 Å². The summed E-state index contributed by atoms with van der Waals surface area (Å²) in [6.45, 7) is 0. The highest BCUT2D eigenvalue weighted by Gasteiger charge is 2.09. The van der Waals surface area contributed by atoms with Gasteiger partial charge in [-0.15, -0.1) is 11.3 Å². The van der Waals surface area contributed by atoms with E-state index in [0.29, 0.717) is 5.82 Å². The molecule has 3 rings (SSSR count). The highest BCUT2D eigenvalue weighted by atomic mass is 79.9. The van der Waals surface area contributed by atoms with E-state index in [4.69, 9.17) is 5.73 Å². The Morgan fingerprint density at radius 2 is 2.25 bits per heavy atom. The van der Waals surface area contributed by atoms with Crippen molar-refractivity contribution in [3.63, 3.8) is 0 Å². The van der Waals surface area contributed by atoms with Crippen LogP contribution in [-0.4, -0.2) is 19.7 Å². The van der Waals surface area contributed by atoms with Gasteiger partial charge in [-0.05, 0) is 27.4 Å². The van der Waals surface area contributed by atoms with E-state index < -0.39 is 0 Å². The smallest absolute Gasteiger partial charge is 0.223 e. The number of thiophene rings is 1. The van der Waals surface area contributed by atoms with Gasteiger partial charge < -0.3 is 5.73 Å². The van der Waals surface area contributed by atoms with E-state index in [2.05, 4.69) is 31.0 Å². The maximum absolute atomic E-state index is 5.66. The minimum absolute atomic E-state index is 0.261. The molecule has 0 saturated heterocycles. The minimum Gasteiger partial charge on any atom is -0.368 e. The second-order valence-electron chi connectivity index (χ2n) is 3.15. The van der Waals surface area contributed by atoms with Crippen LogP contribution < -0.4 is 5.73 Å². The maximum atomic E-state index is 5.66. The Bertz CT molecular complexity index is 659. The van der Waals surface area contributed by atoms with Crippen molar-refractivity contribution in [3.8, 4) is 5.82 Å². The van der Waals surface area contributed by atoms with Crippen molar-refractivity contribution < 1.29 is 0 Å². The van der Waals surface area contributed by atoms with Gasteiger partial charge in [0.25, 0.3) is 0 Å². The maximum Gasteiger partial charge on any atom is 0.223 e. The van der Waals surface area contributed by atoms with E-state index in [1.807, 2.05) is 17.6 Å². The summed E-state index contributed by atoms with van der Waals surface area (Å²) in [6, 6.07) is 1.96. The van der Waals surface area contributed by atoms with Crippen LogP contribution in [0.15, 0.2) is 28.3 Å². The number of nitrogen functional groups attached to an aromatic ring is 1. The van der Waals surface area contributed by atoms with Crippen LogP contribution in [0.1, 0.15) is 0 Å². The summed E-state index contributed by atoms with van der Waals surface area (Å²) in [4.78, 5) is 9.24. The molecule has 7 heteroatoms. The Balaban J connectivity index is 2.33. The van der Waals surface area contributed by atoms with Crippen LogP contribution in [0, 0.1) is 0 Å². The van der Waals surface area contributed by atoms with Gasteiger partial charge in [-0.1, -0.05) is 0 Å². The monoisotopic (exact) mass is 295 g/mol. The summed E-state index contributed by atoms with van der Waals surface area (Å²) in [6.07, 6.45) is 3.54. The van der Waals surface area contributed by atoms with Gasteiger partial charge >= 0.3 is 0 Å². The Hall–Kier alpha value is -1.47. The van der Waals surface area contributed by atoms with Gasteiger partial charge in [0.15, 0.2) is 5.82 Å². The molecule has 80 valence electrons. The van der Waals surface area contributed by atoms with Crippen LogP contribution >= 0.6 is 27.3 Å². The van der Waals surface area contributed by atoms with Crippen LogP contribution in [0.4, 0.5) is 5.95 Å². The number of nitrogens with zero attached hydrogens (tertiary/aromatic N) is 4. The van der Waals surface area contributed by atoms with Gasteiger partial charge in [0, 0.05) is 6.20 Å². The third-order valence-electron chi connectivity index (χ3n) is 2.09. The highest BCUT2D eigenvalue weighted by molar-refractivity contribution is 9.10. The standard InChI is InChI=1S/C9H6BrN5S/c10-5-3-12-15(4-5)7-6-1-2-16-8(6)14-9(11)13-7/h1-4H,(H2,11,13,14). The molecule has 0 unspecified atom stereocenters. The Labute approximate surface area is 103 Å². The van der Waals surface area contributed by atoms with Crippen molar-refractivity contribution in [3.05, 3.63) is 28.3 Å².